The first-order valence-electron chi connectivity index (χ1n) is 3.44. The number of ether oxygens (including phenoxy) is 2. The molecular formula is C7H10O3. The summed E-state index contributed by atoms with van der Waals surface area (Å²) in [5.74, 6) is -0.201. The van der Waals surface area contributed by atoms with E-state index in [2.05, 4.69) is 0 Å². The van der Waals surface area contributed by atoms with Crippen LogP contribution in [0, 0.1) is 5.41 Å². The van der Waals surface area contributed by atoms with Crippen molar-refractivity contribution in [2.45, 2.75) is 26.1 Å². The summed E-state index contributed by atoms with van der Waals surface area (Å²) in [4.78, 5) is 10.9. The van der Waals surface area contributed by atoms with Crippen molar-refractivity contribution in [2.24, 2.45) is 5.41 Å². The van der Waals surface area contributed by atoms with Crippen LogP contribution in [0.15, 0.2) is 0 Å². The zero-order valence-electron chi connectivity index (χ0n) is 6.09. The Balaban J connectivity index is 2.23. The highest BCUT2D eigenvalue weighted by atomic mass is 16.6. The summed E-state index contributed by atoms with van der Waals surface area (Å²) in [6.07, 6.45) is -0.165. The normalized spacial score (nSPS) is 42.0. The van der Waals surface area contributed by atoms with Crippen molar-refractivity contribution in [3.8, 4) is 0 Å². The first-order valence-corrected chi connectivity index (χ1v) is 3.44. The van der Waals surface area contributed by atoms with Crippen molar-refractivity contribution < 1.29 is 14.3 Å². The molecule has 0 aliphatic carbocycles. The van der Waals surface area contributed by atoms with E-state index in [0.717, 1.165) is 0 Å². The molecule has 56 valence electrons. The summed E-state index contributed by atoms with van der Waals surface area (Å²) in [6, 6.07) is 0. The van der Waals surface area contributed by atoms with Crippen LogP contribution in [0.5, 0.6) is 0 Å². The quantitative estimate of drug-likeness (QED) is 0.457. The van der Waals surface area contributed by atoms with Gasteiger partial charge < -0.3 is 9.47 Å². The molecule has 3 nitrogen and oxygen atoms in total. The van der Waals surface area contributed by atoms with Crippen LogP contribution in [0.2, 0.25) is 0 Å². The van der Waals surface area contributed by atoms with Gasteiger partial charge in [-0.3, -0.25) is 0 Å². The second-order valence-corrected chi connectivity index (χ2v) is 3.46. The Bertz CT molecular complexity index is 183. The predicted molar refractivity (Wildman–Crippen MR) is 33.4 cm³/mol. The van der Waals surface area contributed by atoms with Crippen LogP contribution in [0.3, 0.4) is 0 Å². The number of esters is 1. The topological polar surface area (TPSA) is 35.5 Å². The van der Waals surface area contributed by atoms with Crippen LogP contribution in [0.1, 0.15) is 13.8 Å². The SMILES string of the molecule is CC1(C)C2O[C@@H]1COC2=O. The number of rotatable bonds is 0. The zero-order chi connectivity index (χ0) is 7.35. The molecule has 0 amide bonds. The predicted octanol–water partition coefficient (Wildman–Crippen LogP) is 0.337. The molecule has 0 spiro atoms. The maximum absolute atomic E-state index is 10.9. The summed E-state index contributed by atoms with van der Waals surface area (Å²) >= 11 is 0. The first-order chi connectivity index (χ1) is 4.62. The van der Waals surface area contributed by atoms with Gasteiger partial charge >= 0.3 is 5.97 Å². The van der Waals surface area contributed by atoms with Crippen molar-refractivity contribution >= 4 is 5.97 Å². The molecule has 0 aromatic rings. The van der Waals surface area contributed by atoms with Gasteiger partial charge in [-0.1, -0.05) is 13.8 Å². The van der Waals surface area contributed by atoms with Crippen molar-refractivity contribution in [1.82, 2.24) is 0 Å². The first kappa shape index (κ1) is 6.16. The third-order valence-electron chi connectivity index (χ3n) is 2.40. The minimum Gasteiger partial charge on any atom is -0.461 e. The van der Waals surface area contributed by atoms with Gasteiger partial charge in [-0.25, -0.2) is 4.79 Å². The fraction of sp³-hybridized carbons (Fsp3) is 0.857. The smallest absolute Gasteiger partial charge is 0.336 e. The van der Waals surface area contributed by atoms with Gasteiger partial charge in [-0.15, -0.1) is 0 Å². The van der Waals surface area contributed by atoms with E-state index in [9.17, 15) is 4.79 Å². The molecule has 0 radical (unpaired) electrons. The molecule has 0 aromatic heterocycles. The Morgan fingerprint density at radius 2 is 2.30 bits per heavy atom. The van der Waals surface area contributed by atoms with E-state index in [1.54, 1.807) is 0 Å². The lowest BCUT2D eigenvalue weighted by molar-refractivity contribution is -0.283. The number of carbonyl (C=O) groups is 1. The largest absolute Gasteiger partial charge is 0.461 e. The number of carbonyl (C=O) groups excluding carboxylic acids is 1. The van der Waals surface area contributed by atoms with Crippen molar-refractivity contribution in [3.05, 3.63) is 0 Å². The van der Waals surface area contributed by atoms with E-state index in [1.165, 1.54) is 0 Å². The molecule has 0 aromatic carbocycles. The van der Waals surface area contributed by atoms with Crippen LogP contribution >= 0.6 is 0 Å². The van der Waals surface area contributed by atoms with Crippen LogP contribution in [0.25, 0.3) is 0 Å². The van der Waals surface area contributed by atoms with Gasteiger partial charge in [-0.2, -0.15) is 0 Å². The Hall–Kier alpha value is -0.570. The van der Waals surface area contributed by atoms with E-state index in [-0.39, 0.29) is 23.6 Å². The lowest BCUT2D eigenvalue weighted by Gasteiger charge is -2.53. The average molecular weight is 142 g/mol. The second-order valence-electron chi connectivity index (χ2n) is 3.46. The highest BCUT2D eigenvalue weighted by Crippen LogP contribution is 2.44. The molecule has 3 fully saturated rings. The summed E-state index contributed by atoms with van der Waals surface area (Å²) in [7, 11) is 0. The van der Waals surface area contributed by atoms with Crippen LogP contribution in [0.4, 0.5) is 0 Å². The lowest BCUT2D eigenvalue weighted by Crippen LogP contribution is -2.66. The molecule has 0 N–H and O–H groups in total. The van der Waals surface area contributed by atoms with Crippen LogP contribution in [-0.4, -0.2) is 24.8 Å². The molecule has 3 heteroatoms. The zero-order valence-corrected chi connectivity index (χ0v) is 6.09. The summed E-state index contributed by atoms with van der Waals surface area (Å²) in [6.45, 7) is 4.50. The van der Waals surface area contributed by atoms with Gasteiger partial charge in [0, 0.05) is 5.41 Å². The third-order valence-corrected chi connectivity index (χ3v) is 2.40. The molecular weight excluding hydrogens is 132 g/mol. The molecule has 3 aliphatic rings. The number of hydrogen-bond donors (Lipinski definition) is 0. The van der Waals surface area contributed by atoms with Crippen LogP contribution in [-0.2, 0) is 14.3 Å². The summed E-state index contributed by atoms with van der Waals surface area (Å²) in [5.41, 5.74) is 0.00926. The summed E-state index contributed by atoms with van der Waals surface area (Å²) < 4.78 is 10.0. The maximum atomic E-state index is 10.9. The molecule has 3 saturated heterocycles. The van der Waals surface area contributed by atoms with Crippen molar-refractivity contribution in [2.75, 3.05) is 6.61 Å². The van der Waals surface area contributed by atoms with E-state index in [1.807, 2.05) is 13.8 Å². The number of fused-ring (bicyclic) bond motifs is 2. The lowest BCUT2D eigenvalue weighted by atomic mass is 9.74. The Morgan fingerprint density at radius 1 is 1.60 bits per heavy atom. The average Bonchev–Trinajstić information content (AvgIpc) is 1.87. The van der Waals surface area contributed by atoms with E-state index >= 15 is 0 Å². The van der Waals surface area contributed by atoms with Crippen molar-refractivity contribution in [3.63, 3.8) is 0 Å². The third kappa shape index (κ3) is 0.515. The van der Waals surface area contributed by atoms with E-state index in [4.69, 9.17) is 9.47 Å². The Morgan fingerprint density at radius 3 is 2.60 bits per heavy atom. The number of hydrogen-bond acceptors (Lipinski definition) is 3. The molecule has 1 unspecified atom stereocenters. The van der Waals surface area contributed by atoms with E-state index < -0.39 is 0 Å². The molecule has 2 atom stereocenters. The molecule has 3 aliphatic heterocycles. The molecule has 10 heavy (non-hydrogen) atoms. The van der Waals surface area contributed by atoms with Crippen molar-refractivity contribution in [1.29, 1.82) is 0 Å². The minimum absolute atomic E-state index is 0.00926. The van der Waals surface area contributed by atoms with Gasteiger partial charge in [0.05, 0.1) is 0 Å². The van der Waals surface area contributed by atoms with Gasteiger partial charge in [0.2, 0.25) is 0 Å². The fourth-order valence-corrected chi connectivity index (χ4v) is 1.46. The van der Waals surface area contributed by atoms with Gasteiger partial charge in [0.15, 0.2) is 6.10 Å². The molecule has 2 bridgehead atoms. The minimum atomic E-state index is -0.300. The summed E-state index contributed by atoms with van der Waals surface area (Å²) in [5, 5.41) is 0. The highest BCUT2D eigenvalue weighted by molar-refractivity contribution is 5.78. The Kier molecular flexibility index (Phi) is 0.944. The maximum Gasteiger partial charge on any atom is 0.336 e. The van der Waals surface area contributed by atoms with E-state index in [0.29, 0.717) is 6.61 Å². The highest BCUT2D eigenvalue weighted by Gasteiger charge is 2.58. The molecule has 3 heterocycles. The van der Waals surface area contributed by atoms with Gasteiger partial charge in [0.1, 0.15) is 12.7 Å². The monoisotopic (exact) mass is 142 g/mol. The standard InChI is InChI=1S/C7H10O3/c1-7(2)4-3-9-6(8)5(7)10-4/h4-5H,3H2,1-2H3/t4-,5?/m1/s1. The van der Waals surface area contributed by atoms with Gasteiger partial charge in [-0.05, 0) is 0 Å². The van der Waals surface area contributed by atoms with Crippen LogP contribution < -0.4 is 0 Å². The second kappa shape index (κ2) is 1.53. The van der Waals surface area contributed by atoms with Gasteiger partial charge in [0.25, 0.3) is 0 Å². The fourth-order valence-electron chi connectivity index (χ4n) is 1.46. The molecule has 3 rings (SSSR count). The molecule has 0 saturated carbocycles. The Labute approximate surface area is 59.3 Å².